The molecule has 0 amide bonds. The molecule has 0 fully saturated rings. The van der Waals surface area contributed by atoms with E-state index in [9.17, 15) is 4.79 Å². The molecule has 0 heterocycles. The summed E-state index contributed by atoms with van der Waals surface area (Å²) < 4.78 is 11.2. The highest BCUT2D eigenvalue weighted by Gasteiger charge is 2.25. The Kier molecular flexibility index (Phi) is 4.57. The lowest BCUT2D eigenvalue weighted by Gasteiger charge is -2.19. The molecule has 1 unspecified atom stereocenters. The van der Waals surface area contributed by atoms with Crippen LogP contribution in [-0.2, 0) is 9.53 Å². The average Bonchev–Trinajstić information content (AvgIpc) is 2.60. The van der Waals surface area contributed by atoms with Gasteiger partial charge in [0.25, 0.3) is 0 Å². The van der Waals surface area contributed by atoms with Gasteiger partial charge in [-0.3, -0.25) is 0 Å². The maximum atomic E-state index is 12.4. The fourth-order valence-electron chi connectivity index (χ4n) is 2.57. The molecule has 0 N–H and O–H groups in total. The fourth-order valence-corrected chi connectivity index (χ4v) is 2.57. The lowest BCUT2D eigenvalue weighted by atomic mass is 10.0. The number of hydrogen-bond acceptors (Lipinski definition) is 3. The van der Waals surface area contributed by atoms with E-state index in [1.54, 1.807) is 6.92 Å². The summed E-state index contributed by atoms with van der Waals surface area (Å²) in [6, 6.07) is 23.1. The van der Waals surface area contributed by atoms with Crippen LogP contribution in [0.15, 0.2) is 72.8 Å². The molecular weight excluding hydrogens is 288 g/mol. The third kappa shape index (κ3) is 3.34. The van der Waals surface area contributed by atoms with Gasteiger partial charge in [0.15, 0.2) is 0 Å². The van der Waals surface area contributed by atoms with E-state index in [2.05, 4.69) is 0 Å². The Morgan fingerprint density at radius 1 is 0.913 bits per heavy atom. The van der Waals surface area contributed by atoms with Gasteiger partial charge in [-0.25, -0.2) is 4.79 Å². The Balaban J connectivity index is 2.04. The van der Waals surface area contributed by atoms with Crippen LogP contribution in [0.2, 0.25) is 0 Å². The fraction of sp³-hybridized carbons (Fsp3) is 0.150. The van der Waals surface area contributed by atoms with Crippen molar-refractivity contribution in [2.24, 2.45) is 0 Å². The first kappa shape index (κ1) is 15.1. The maximum Gasteiger partial charge on any atom is 0.352 e. The molecule has 0 saturated carbocycles. The zero-order chi connectivity index (χ0) is 16.1. The zero-order valence-electron chi connectivity index (χ0n) is 12.9. The molecule has 116 valence electrons. The van der Waals surface area contributed by atoms with Crippen LogP contribution in [0.4, 0.5) is 0 Å². The Bertz CT molecular complexity index is 791. The molecule has 0 saturated heterocycles. The zero-order valence-corrected chi connectivity index (χ0v) is 12.9. The minimum atomic E-state index is -0.788. The summed E-state index contributed by atoms with van der Waals surface area (Å²) in [7, 11) is 0. The summed E-state index contributed by atoms with van der Waals surface area (Å²) in [5.41, 5.74) is 0.811. The van der Waals surface area contributed by atoms with Gasteiger partial charge in [-0.15, -0.1) is 0 Å². The van der Waals surface area contributed by atoms with E-state index in [0.29, 0.717) is 12.4 Å². The average molecular weight is 306 g/mol. The van der Waals surface area contributed by atoms with Gasteiger partial charge in [-0.05, 0) is 29.8 Å². The molecule has 1 atom stereocenters. The molecule has 0 bridgehead atoms. The lowest BCUT2D eigenvalue weighted by Crippen LogP contribution is -2.21. The van der Waals surface area contributed by atoms with Crippen molar-refractivity contribution in [2.45, 2.75) is 13.0 Å². The van der Waals surface area contributed by atoms with Gasteiger partial charge in [-0.1, -0.05) is 60.7 Å². The van der Waals surface area contributed by atoms with Gasteiger partial charge in [0, 0.05) is 5.56 Å². The highest BCUT2D eigenvalue weighted by molar-refractivity contribution is 5.90. The number of carbonyl (C=O) groups is 1. The molecule has 3 rings (SSSR count). The van der Waals surface area contributed by atoms with E-state index < -0.39 is 6.10 Å². The molecule has 3 aromatic rings. The van der Waals surface area contributed by atoms with Crippen LogP contribution in [0.3, 0.4) is 0 Å². The summed E-state index contributed by atoms with van der Waals surface area (Å²) in [5, 5.41) is 2.06. The van der Waals surface area contributed by atoms with Crippen molar-refractivity contribution < 1.29 is 14.3 Å². The van der Waals surface area contributed by atoms with Gasteiger partial charge < -0.3 is 9.47 Å². The standard InChI is InChI=1S/C20H18O3/c1-2-22-20(21)19(23-16-11-4-3-5-12-16)18-14-8-10-15-9-6-7-13-17(15)18/h3-14,19H,2H2,1H3. The first-order chi connectivity index (χ1) is 11.3. The van der Waals surface area contributed by atoms with Crippen molar-refractivity contribution >= 4 is 16.7 Å². The van der Waals surface area contributed by atoms with E-state index >= 15 is 0 Å². The van der Waals surface area contributed by atoms with Crippen molar-refractivity contribution in [3.05, 3.63) is 78.4 Å². The second-order valence-corrected chi connectivity index (χ2v) is 5.13. The molecule has 0 aliphatic carbocycles. The number of carbonyl (C=O) groups excluding carboxylic acids is 1. The van der Waals surface area contributed by atoms with Crippen LogP contribution < -0.4 is 4.74 Å². The molecule has 0 aliphatic heterocycles. The number of fused-ring (bicyclic) bond motifs is 1. The van der Waals surface area contributed by atoms with Gasteiger partial charge in [0.2, 0.25) is 6.10 Å². The highest BCUT2D eigenvalue weighted by atomic mass is 16.6. The number of esters is 1. The van der Waals surface area contributed by atoms with Gasteiger partial charge >= 0.3 is 5.97 Å². The number of para-hydroxylation sites is 1. The molecule has 23 heavy (non-hydrogen) atoms. The second-order valence-electron chi connectivity index (χ2n) is 5.13. The molecule has 0 aromatic heterocycles. The van der Waals surface area contributed by atoms with Crippen molar-refractivity contribution in [1.82, 2.24) is 0 Å². The van der Waals surface area contributed by atoms with E-state index in [1.807, 2.05) is 72.8 Å². The molecule has 3 nitrogen and oxygen atoms in total. The third-order valence-electron chi connectivity index (χ3n) is 3.60. The SMILES string of the molecule is CCOC(=O)C(Oc1ccccc1)c1cccc2ccccc12. The van der Waals surface area contributed by atoms with Crippen LogP contribution in [0.5, 0.6) is 5.75 Å². The van der Waals surface area contributed by atoms with Gasteiger partial charge in [0.05, 0.1) is 6.61 Å². The normalized spacial score (nSPS) is 11.9. The Labute approximate surface area is 135 Å². The number of hydrogen-bond donors (Lipinski definition) is 0. The van der Waals surface area contributed by atoms with Gasteiger partial charge in [0.1, 0.15) is 5.75 Å². The van der Waals surface area contributed by atoms with Crippen molar-refractivity contribution in [3.8, 4) is 5.75 Å². The number of benzene rings is 3. The highest BCUT2D eigenvalue weighted by Crippen LogP contribution is 2.29. The topological polar surface area (TPSA) is 35.5 Å². The minimum Gasteiger partial charge on any atom is -0.474 e. The van der Waals surface area contributed by atoms with Crippen LogP contribution in [0.25, 0.3) is 10.8 Å². The molecule has 0 radical (unpaired) electrons. The first-order valence-electron chi connectivity index (χ1n) is 7.65. The van der Waals surface area contributed by atoms with E-state index in [-0.39, 0.29) is 5.97 Å². The predicted octanol–water partition coefficient (Wildman–Crippen LogP) is 4.52. The van der Waals surface area contributed by atoms with E-state index in [0.717, 1.165) is 16.3 Å². The second kappa shape index (κ2) is 6.97. The largest absolute Gasteiger partial charge is 0.474 e. The molecular formula is C20H18O3. The predicted molar refractivity (Wildman–Crippen MR) is 90.4 cm³/mol. The Morgan fingerprint density at radius 2 is 1.61 bits per heavy atom. The summed E-state index contributed by atoms with van der Waals surface area (Å²) in [4.78, 5) is 12.4. The summed E-state index contributed by atoms with van der Waals surface area (Å²) >= 11 is 0. The quantitative estimate of drug-likeness (QED) is 0.650. The monoisotopic (exact) mass is 306 g/mol. The Hall–Kier alpha value is -2.81. The van der Waals surface area contributed by atoms with Crippen molar-refractivity contribution in [2.75, 3.05) is 6.61 Å². The van der Waals surface area contributed by atoms with Crippen LogP contribution in [0.1, 0.15) is 18.6 Å². The molecule has 3 heteroatoms. The van der Waals surface area contributed by atoms with Crippen LogP contribution in [0, 0.1) is 0 Å². The van der Waals surface area contributed by atoms with E-state index in [1.165, 1.54) is 0 Å². The van der Waals surface area contributed by atoms with Crippen molar-refractivity contribution in [3.63, 3.8) is 0 Å². The summed E-state index contributed by atoms with van der Waals surface area (Å²) in [5.74, 6) is 0.256. The number of rotatable bonds is 5. The smallest absolute Gasteiger partial charge is 0.352 e. The van der Waals surface area contributed by atoms with E-state index in [4.69, 9.17) is 9.47 Å². The summed E-state index contributed by atoms with van der Waals surface area (Å²) in [6.07, 6.45) is -0.788. The molecule has 3 aromatic carbocycles. The lowest BCUT2D eigenvalue weighted by molar-refractivity contribution is -0.151. The third-order valence-corrected chi connectivity index (χ3v) is 3.60. The molecule has 0 aliphatic rings. The Morgan fingerprint density at radius 3 is 2.39 bits per heavy atom. The summed E-state index contributed by atoms with van der Waals surface area (Å²) in [6.45, 7) is 2.11. The maximum absolute atomic E-state index is 12.4. The minimum absolute atomic E-state index is 0.318. The van der Waals surface area contributed by atoms with Crippen LogP contribution >= 0.6 is 0 Å². The molecule has 0 spiro atoms. The first-order valence-corrected chi connectivity index (χ1v) is 7.65. The number of ether oxygens (including phenoxy) is 2. The van der Waals surface area contributed by atoms with Crippen LogP contribution in [-0.4, -0.2) is 12.6 Å². The van der Waals surface area contributed by atoms with Gasteiger partial charge in [-0.2, -0.15) is 0 Å². The van der Waals surface area contributed by atoms with Crippen molar-refractivity contribution in [1.29, 1.82) is 0 Å².